The van der Waals surface area contributed by atoms with Gasteiger partial charge in [0.15, 0.2) is 0 Å². The summed E-state index contributed by atoms with van der Waals surface area (Å²) in [5, 5.41) is 12.7. The molecule has 3 heteroatoms. The monoisotopic (exact) mass is 245 g/mol. The van der Waals surface area contributed by atoms with Crippen molar-refractivity contribution in [1.29, 1.82) is 0 Å². The molecule has 0 amide bonds. The topological polar surface area (TPSA) is 49.3 Å². The van der Waals surface area contributed by atoms with Crippen LogP contribution in [0.3, 0.4) is 0 Å². The molecule has 3 atom stereocenters. The zero-order chi connectivity index (χ0) is 12.5. The minimum Gasteiger partial charge on any atom is -0.478 e. The van der Waals surface area contributed by atoms with E-state index in [0.29, 0.717) is 23.4 Å². The van der Waals surface area contributed by atoms with Gasteiger partial charge in [0.2, 0.25) is 0 Å². The maximum atomic E-state index is 11.1. The van der Waals surface area contributed by atoms with Gasteiger partial charge >= 0.3 is 5.97 Å². The Morgan fingerprint density at radius 1 is 1.28 bits per heavy atom. The number of benzene rings is 1. The summed E-state index contributed by atoms with van der Waals surface area (Å²) >= 11 is 0. The van der Waals surface area contributed by atoms with Crippen molar-refractivity contribution in [2.24, 2.45) is 5.92 Å². The Balaban J connectivity index is 1.89. The summed E-state index contributed by atoms with van der Waals surface area (Å²) in [4.78, 5) is 11.1. The summed E-state index contributed by atoms with van der Waals surface area (Å²) in [6.45, 7) is 1.12. The van der Waals surface area contributed by atoms with Crippen molar-refractivity contribution in [3.63, 3.8) is 0 Å². The van der Waals surface area contributed by atoms with E-state index in [-0.39, 0.29) is 0 Å². The molecule has 1 heterocycles. The van der Waals surface area contributed by atoms with Gasteiger partial charge in [-0.3, -0.25) is 0 Å². The zero-order valence-corrected chi connectivity index (χ0v) is 10.4. The third-order valence-electron chi connectivity index (χ3n) is 4.51. The normalized spacial score (nSPS) is 31.0. The molecule has 1 aromatic carbocycles. The average Bonchev–Trinajstić information content (AvgIpc) is 2.87. The van der Waals surface area contributed by atoms with Gasteiger partial charge in [-0.15, -0.1) is 0 Å². The molecule has 1 aliphatic heterocycles. The average molecular weight is 245 g/mol. The number of hydrogen-bond acceptors (Lipinski definition) is 2. The van der Waals surface area contributed by atoms with E-state index in [1.165, 1.54) is 31.2 Å². The van der Waals surface area contributed by atoms with Gasteiger partial charge in [0.1, 0.15) is 0 Å². The molecular formula is C15H19NO2. The number of rotatable bonds is 2. The minimum atomic E-state index is -0.825. The van der Waals surface area contributed by atoms with E-state index in [9.17, 15) is 4.79 Å². The molecule has 0 bridgehead atoms. The summed E-state index contributed by atoms with van der Waals surface area (Å²) in [5.41, 5.74) is 1.63. The number of aromatic carboxylic acids is 1. The molecule has 0 radical (unpaired) electrons. The summed E-state index contributed by atoms with van der Waals surface area (Å²) in [5.74, 6) is 0.412. The Hall–Kier alpha value is -1.35. The molecule has 0 spiro atoms. The molecule has 1 aliphatic carbocycles. The lowest BCUT2D eigenvalue weighted by Crippen LogP contribution is -2.33. The molecule has 2 N–H and O–H groups in total. The molecule has 2 aliphatic rings. The van der Waals surface area contributed by atoms with Crippen molar-refractivity contribution in [1.82, 2.24) is 5.32 Å². The standard InChI is InChI=1S/C15H19NO2/c17-15(18)11-4-1-3-10(9-11)12-5-2-6-14-13(12)7-8-16-14/h1,3-4,9,12-14,16H,2,5-8H2,(H,17,18). The molecule has 3 rings (SSSR count). The van der Waals surface area contributed by atoms with Gasteiger partial charge in [0, 0.05) is 6.04 Å². The number of fused-ring (bicyclic) bond motifs is 1. The molecular weight excluding hydrogens is 226 g/mol. The van der Waals surface area contributed by atoms with E-state index in [2.05, 4.69) is 11.4 Å². The smallest absolute Gasteiger partial charge is 0.335 e. The van der Waals surface area contributed by atoms with Crippen LogP contribution in [0.5, 0.6) is 0 Å². The number of carbonyl (C=O) groups is 1. The molecule has 3 nitrogen and oxygen atoms in total. The Bertz CT molecular complexity index is 458. The summed E-state index contributed by atoms with van der Waals surface area (Å²) < 4.78 is 0. The number of nitrogens with one attached hydrogen (secondary N) is 1. The van der Waals surface area contributed by atoms with Crippen LogP contribution in [0.15, 0.2) is 24.3 Å². The first-order valence-corrected chi connectivity index (χ1v) is 6.82. The number of carboxylic acids is 1. The molecule has 3 unspecified atom stereocenters. The van der Waals surface area contributed by atoms with E-state index in [1.54, 1.807) is 6.07 Å². The van der Waals surface area contributed by atoms with E-state index in [0.717, 1.165) is 6.54 Å². The number of hydrogen-bond donors (Lipinski definition) is 2. The fourth-order valence-electron chi connectivity index (χ4n) is 3.67. The van der Waals surface area contributed by atoms with Crippen molar-refractivity contribution in [2.75, 3.05) is 6.54 Å². The van der Waals surface area contributed by atoms with Gasteiger partial charge in [-0.25, -0.2) is 4.79 Å². The zero-order valence-electron chi connectivity index (χ0n) is 10.4. The van der Waals surface area contributed by atoms with Gasteiger partial charge in [-0.05, 0) is 55.3 Å². The van der Waals surface area contributed by atoms with Crippen molar-refractivity contribution in [2.45, 2.75) is 37.6 Å². The Kier molecular flexibility index (Phi) is 3.08. The molecule has 1 saturated carbocycles. The maximum absolute atomic E-state index is 11.1. The van der Waals surface area contributed by atoms with E-state index in [4.69, 9.17) is 5.11 Å². The van der Waals surface area contributed by atoms with Crippen LogP contribution in [-0.2, 0) is 0 Å². The Morgan fingerprint density at radius 3 is 3.00 bits per heavy atom. The van der Waals surface area contributed by atoms with Crippen LogP contribution in [0, 0.1) is 5.92 Å². The van der Waals surface area contributed by atoms with Crippen molar-refractivity contribution >= 4 is 5.97 Å². The molecule has 1 aromatic rings. The highest BCUT2D eigenvalue weighted by atomic mass is 16.4. The van der Waals surface area contributed by atoms with Crippen LogP contribution in [0.25, 0.3) is 0 Å². The van der Waals surface area contributed by atoms with Gasteiger partial charge in [-0.1, -0.05) is 18.6 Å². The second kappa shape index (κ2) is 4.73. The third-order valence-corrected chi connectivity index (χ3v) is 4.51. The van der Waals surface area contributed by atoms with Crippen molar-refractivity contribution in [3.8, 4) is 0 Å². The molecule has 96 valence electrons. The highest BCUT2D eigenvalue weighted by molar-refractivity contribution is 5.87. The van der Waals surface area contributed by atoms with Crippen LogP contribution in [0.2, 0.25) is 0 Å². The molecule has 1 saturated heterocycles. The van der Waals surface area contributed by atoms with Crippen LogP contribution >= 0.6 is 0 Å². The minimum absolute atomic E-state index is 0.417. The molecule has 0 aromatic heterocycles. The lowest BCUT2D eigenvalue weighted by Gasteiger charge is -2.34. The van der Waals surface area contributed by atoms with Crippen LogP contribution in [-0.4, -0.2) is 23.7 Å². The summed E-state index contributed by atoms with van der Waals surface area (Å²) in [6.07, 6.45) is 4.95. The van der Waals surface area contributed by atoms with Crippen LogP contribution in [0.1, 0.15) is 47.5 Å². The highest BCUT2D eigenvalue weighted by Gasteiger charge is 2.37. The predicted octanol–water partition coefficient (Wildman–Crippen LogP) is 2.63. The second-order valence-corrected chi connectivity index (χ2v) is 5.48. The lowest BCUT2D eigenvalue weighted by molar-refractivity contribution is 0.0696. The Labute approximate surface area is 107 Å². The summed E-state index contributed by atoms with van der Waals surface area (Å²) in [6, 6.07) is 8.17. The first kappa shape index (κ1) is 11.7. The van der Waals surface area contributed by atoms with Crippen molar-refractivity contribution in [3.05, 3.63) is 35.4 Å². The van der Waals surface area contributed by atoms with E-state index < -0.39 is 5.97 Å². The SMILES string of the molecule is O=C(O)c1cccc(C2CCCC3NCCC32)c1. The quantitative estimate of drug-likeness (QED) is 0.842. The van der Waals surface area contributed by atoms with Gasteiger partial charge in [-0.2, -0.15) is 0 Å². The molecule has 18 heavy (non-hydrogen) atoms. The van der Waals surface area contributed by atoms with Crippen molar-refractivity contribution < 1.29 is 9.90 Å². The van der Waals surface area contributed by atoms with E-state index in [1.807, 2.05) is 12.1 Å². The Morgan fingerprint density at radius 2 is 2.17 bits per heavy atom. The summed E-state index contributed by atoms with van der Waals surface area (Å²) in [7, 11) is 0. The first-order chi connectivity index (χ1) is 8.75. The van der Waals surface area contributed by atoms with Crippen LogP contribution in [0.4, 0.5) is 0 Å². The predicted molar refractivity (Wildman–Crippen MR) is 69.9 cm³/mol. The van der Waals surface area contributed by atoms with Gasteiger partial charge < -0.3 is 10.4 Å². The van der Waals surface area contributed by atoms with Gasteiger partial charge in [0.05, 0.1) is 5.56 Å². The lowest BCUT2D eigenvalue weighted by atomic mass is 9.73. The fraction of sp³-hybridized carbons (Fsp3) is 0.533. The van der Waals surface area contributed by atoms with Gasteiger partial charge in [0.25, 0.3) is 0 Å². The second-order valence-electron chi connectivity index (χ2n) is 5.48. The largest absolute Gasteiger partial charge is 0.478 e. The van der Waals surface area contributed by atoms with Crippen LogP contribution < -0.4 is 5.32 Å². The third kappa shape index (κ3) is 2.03. The van der Waals surface area contributed by atoms with E-state index >= 15 is 0 Å². The number of carboxylic acid groups (broad SMARTS) is 1. The fourth-order valence-corrected chi connectivity index (χ4v) is 3.67. The maximum Gasteiger partial charge on any atom is 0.335 e. The first-order valence-electron chi connectivity index (χ1n) is 6.82. The highest BCUT2D eigenvalue weighted by Crippen LogP contribution is 2.42. The molecule has 2 fully saturated rings.